The first-order chi connectivity index (χ1) is 8.35. The minimum absolute atomic E-state index is 0.134. The van der Waals surface area contributed by atoms with Gasteiger partial charge >= 0.3 is 0 Å². The van der Waals surface area contributed by atoms with Gasteiger partial charge in [0.25, 0.3) is 0 Å². The van der Waals surface area contributed by atoms with Gasteiger partial charge in [-0.1, -0.05) is 20.8 Å². The van der Waals surface area contributed by atoms with Crippen LogP contribution in [0, 0.1) is 5.92 Å². The fraction of sp³-hybridized carbons (Fsp3) is 0.667. The first-order valence-electron chi connectivity index (χ1n) is 6.19. The number of nitrogens with one attached hydrogen (secondary N) is 1. The Balaban J connectivity index is 2.59. The average molecular weight is 290 g/mol. The maximum Gasteiger partial charge on any atom is 0.250 e. The van der Waals surface area contributed by atoms with Gasteiger partial charge in [-0.05, 0) is 30.9 Å². The van der Waals surface area contributed by atoms with Crippen molar-refractivity contribution in [3.63, 3.8) is 0 Å². The summed E-state index contributed by atoms with van der Waals surface area (Å²) in [5.74, 6) is 0.470. The predicted octanol–water partition coefficient (Wildman–Crippen LogP) is 1.96. The molecule has 1 rings (SSSR count). The van der Waals surface area contributed by atoms with Gasteiger partial charge in [0.1, 0.15) is 4.21 Å². The maximum atomic E-state index is 12.0. The molecule has 1 unspecified atom stereocenters. The third kappa shape index (κ3) is 4.68. The van der Waals surface area contributed by atoms with E-state index in [9.17, 15) is 8.42 Å². The lowest BCUT2D eigenvalue weighted by Gasteiger charge is -2.14. The van der Waals surface area contributed by atoms with Crippen molar-refractivity contribution in [3.05, 3.63) is 17.0 Å². The highest BCUT2D eigenvalue weighted by molar-refractivity contribution is 7.91. The number of sulfonamides is 1. The highest BCUT2D eigenvalue weighted by Gasteiger charge is 2.17. The van der Waals surface area contributed by atoms with E-state index in [0.717, 1.165) is 17.7 Å². The number of hydrogen-bond acceptors (Lipinski definition) is 4. The van der Waals surface area contributed by atoms with Gasteiger partial charge in [-0.3, -0.25) is 0 Å². The molecule has 0 fully saturated rings. The van der Waals surface area contributed by atoms with E-state index in [-0.39, 0.29) is 6.04 Å². The van der Waals surface area contributed by atoms with Crippen molar-refractivity contribution in [2.24, 2.45) is 11.7 Å². The van der Waals surface area contributed by atoms with E-state index in [4.69, 9.17) is 5.73 Å². The second-order valence-corrected chi connectivity index (χ2v) is 7.98. The molecule has 0 radical (unpaired) electrons. The van der Waals surface area contributed by atoms with Crippen molar-refractivity contribution < 1.29 is 8.42 Å². The lowest BCUT2D eigenvalue weighted by molar-refractivity contribution is 0.486. The molecule has 4 nitrogen and oxygen atoms in total. The molecular formula is C12H22N2O2S2. The summed E-state index contributed by atoms with van der Waals surface area (Å²) in [7, 11) is -3.39. The molecule has 104 valence electrons. The smallest absolute Gasteiger partial charge is 0.250 e. The van der Waals surface area contributed by atoms with Crippen molar-refractivity contribution in [2.75, 3.05) is 6.54 Å². The fourth-order valence-electron chi connectivity index (χ4n) is 1.67. The number of hydrogen-bond donors (Lipinski definition) is 2. The minimum Gasteiger partial charge on any atom is -0.327 e. The SMILES string of the molecule is CCc1ccc(S(=O)(=O)NCC(N)CC(C)C)s1. The van der Waals surface area contributed by atoms with Gasteiger partial charge in [-0.15, -0.1) is 11.3 Å². The summed E-state index contributed by atoms with van der Waals surface area (Å²) in [6, 6.07) is 3.37. The molecule has 1 aromatic heterocycles. The molecule has 1 heterocycles. The van der Waals surface area contributed by atoms with Gasteiger partial charge in [0.05, 0.1) is 0 Å². The van der Waals surface area contributed by atoms with Gasteiger partial charge in [0.15, 0.2) is 0 Å². The van der Waals surface area contributed by atoms with E-state index in [1.807, 2.05) is 13.0 Å². The Labute approximate surface area is 114 Å². The normalized spacial score (nSPS) is 14.1. The molecule has 0 aliphatic heterocycles. The average Bonchev–Trinajstić information content (AvgIpc) is 2.75. The first kappa shape index (κ1) is 15.6. The Morgan fingerprint density at radius 1 is 1.39 bits per heavy atom. The number of rotatable bonds is 7. The van der Waals surface area contributed by atoms with Gasteiger partial charge in [0, 0.05) is 17.5 Å². The van der Waals surface area contributed by atoms with Gasteiger partial charge < -0.3 is 5.73 Å². The van der Waals surface area contributed by atoms with Crippen LogP contribution in [0.2, 0.25) is 0 Å². The summed E-state index contributed by atoms with van der Waals surface area (Å²) in [6.07, 6.45) is 1.67. The molecule has 0 aliphatic rings. The Hall–Kier alpha value is -0.430. The second kappa shape index (κ2) is 6.65. The van der Waals surface area contributed by atoms with Gasteiger partial charge in [-0.25, -0.2) is 13.1 Å². The maximum absolute atomic E-state index is 12.0. The van der Waals surface area contributed by atoms with Crippen molar-refractivity contribution in [1.29, 1.82) is 0 Å². The van der Waals surface area contributed by atoms with Crippen molar-refractivity contribution in [3.8, 4) is 0 Å². The van der Waals surface area contributed by atoms with Crippen LogP contribution >= 0.6 is 11.3 Å². The van der Waals surface area contributed by atoms with Crippen LogP contribution in [-0.4, -0.2) is 21.0 Å². The lowest BCUT2D eigenvalue weighted by Crippen LogP contribution is -2.37. The zero-order valence-electron chi connectivity index (χ0n) is 11.1. The molecule has 18 heavy (non-hydrogen) atoms. The molecule has 1 atom stereocenters. The second-order valence-electron chi connectivity index (χ2n) is 4.82. The van der Waals surface area contributed by atoms with Crippen molar-refractivity contribution >= 4 is 21.4 Å². The lowest BCUT2D eigenvalue weighted by atomic mass is 10.1. The van der Waals surface area contributed by atoms with Crippen LogP contribution in [0.15, 0.2) is 16.3 Å². The van der Waals surface area contributed by atoms with Crippen molar-refractivity contribution in [2.45, 2.75) is 43.9 Å². The van der Waals surface area contributed by atoms with E-state index in [2.05, 4.69) is 18.6 Å². The topological polar surface area (TPSA) is 72.2 Å². The quantitative estimate of drug-likeness (QED) is 0.806. The Kier molecular flexibility index (Phi) is 5.78. The van der Waals surface area contributed by atoms with Crippen LogP contribution in [0.3, 0.4) is 0 Å². The molecule has 1 aromatic rings. The monoisotopic (exact) mass is 290 g/mol. The molecule has 0 spiro atoms. The highest BCUT2D eigenvalue weighted by Crippen LogP contribution is 2.21. The van der Waals surface area contributed by atoms with E-state index in [1.165, 1.54) is 11.3 Å². The molecule has 0 aromatic carbocycles. The third-order valence-electron chi connectivity index (χ3n) is 2.56. The Morgan fingerprint density at radius 2 is 2.06 bits per heavy atom. The Morgan fingerprint density at radius 3 is 2.56 bits per heavy atom. The van der Waals surface area contributed by atoms with Crippen LogP contribution < -0.4 is 10.5 Å². The molecule has 0 amide bonds. The van der Waals surface area contributed by atoms with Crippen LogP contribution in [0.4, 0.5) is 0 Å². The molecule has 0 saturated carbocycles. The van der Waals surface area contributed by atoms with Crippen LogP contribution in [-0.2, 0) is 16.4 Å². The molecular weight excluding hydrogens is 268 g/mol. The summed E-state index contributed by atoms with van der Waals surface area (Å²) >= 11 is 1.31. The van der Waals surface area contributed by atoms with Crippen molar-refractivity contribution in [1.82, 2.24) is 4.72 Å². The molecule has 6 heteroatoms. The van der Waals surface area contributed by atoms with Gasteiger partial charge in [0.2, 0.25) is 10.0 Å². The molecule has 0 aliphatic carbocycles. The van der Waals surface area contributed by atoms with Crippen LogP contribution in [0.1, 0.15) is 32.1 Å². The van der Waals surface area contributed by atoms with Crippen LogP contribution in [0.25, 0.3) is 0 Å². The van der Waals surface area contributed by atoms with E-state index in [0.29, 0.717) is 16.7 Å². The van der Waals surface area contributed by atoms with E-state index in [1.54, 1.807) is 6.07 Å². The highest BCUT2D eigenvalue weighted by atomic mass is 32.2. The summed E-state index contributed by atoms with van der Waals surface area (Å²) in [4.78, 5) is 1.07. The predicted molar refractivity (Wildman–Crippen MR) is 76.3 cm³/mol. The first-order valence-corrected chi connectivity index (χ1v) is 8.49. The molecule has 0 bridgehead atoms. The van der Waals surface area contributed by atoms with Gasteiger partial charge in [-0.2, -0.15) is 0 Å². The van der Waals surface area contributed by atoms with E-state index < -0.39 is 10.0 Å². The summed E-state index contributed by atoms with van der Waals surface area (Å²) in [5, 5.41) is 0. The van der Waals surface area contributed by atoms with E-state index >= 15 is 0 Å². The zero-order chi connectivity index (χ0) is 13.8. The zero-order valence-corrected chi connectivity index (χ0v) is 12.8. The summed E-state index contributed by atoms with van der Waals surface area (Å²) in [6.45, 7) is 6.44. The van der Waals surface area contributed by atoms with Crippen LogP contribution in [0.5, 0.6) is 0 Å². The summed E-state index contributed by atoms with van der Waals surface area (Å²) < 4.78 is 26.9. The molecule has 3 N–H and O–H groups in total. The number of aryl methyl sites for hydroxylation is 1. The number of thiophene rings is 1. The standard InChI is InChI=1S/C12H22N2O2S2/c1-4-11-5-6-12(17-11)18(15,16)14-8-10(13)7-9(2)3/h5-6,9-10,14H,4,7-8,13H2,1-3H3. The minimum atomic E-state index is -3.39. The fourth-order valence-corrected chi connectivity index (χ4v) is 4.10. The largest absolute Gasteiger partial charge is 0.327 e. The molecule has 0 saturated heterocycles. The number of nitrogens with two attached hydrogens (primary N) is 1. The Bertz CT molecular complexity index is 466. The summed E-state index contributed by atoms with van der Waals surface area (Å²) in [5.41, 5.74) is 5.87. The third-order valence-corrected chi connectivity index (χ3v) is 5.70.